The molecule has 0 aliphatic rings. The minimum atomic E-state index is -3.68. The Kier molecular flexibility index (Phi) is 8.26. The van der Waals surface area contributed by atoms with Crippen molar-refractivity contribution in [2.24, 2.45) is 0 Å². The van der Waals surface area contributed by atoms with Gasteiger partial charge in [-0.25, -0.2) is 17.5 Å². The van der Waals surface area contributed by atoms with Gasteiger partial charge in [0.2, 0.25) is 10.0 Å². The number of carbonyl (C=O) groups excluding carboxylic acids is 2. The fourth-order valence-corrected chi connectivity index (χ4v) is 4.43. The van der Waals surface area contributed by atoms with Crippen LogP contribution in [-0.2, 0) is 26.2 Å². The molecule has 3 aromatic carbocycles. The quantitative estimate of drug-likeness (QED) is 0.451. The Hall–Kier alpha value is -3.69. The van der Waals surface area contributed by atoms with E-state index in [-0.39, 0.29) is 22.8 Å². The lowest BCUT2D eigenvalue weighted by Gasteiger charge is -2.15. The number of nitrogens with zero attached hydrogens (tertiary/aromatic N) is 1. The predicted octanol–water partition coefficient (Wildman–Crippen LogP) is 3.93. The highest BCUT2D eigenvalue weighted by molar-refractivity contribution is 7.89. The molecule has 0 unspecified atom stereocenters. The molecule has 0 radical (unpaired) electrons. The molecule has 1 amide bonds. The molecule has 0 aromatic heterocycles. The highest BCUT2D eigenvalue weighted by atomic mass is 32.2. The Labute approximate surface area is 205 Å². The van der Waals surface area contributed by atoms with Gasteiger partial charge in [0.15, 0.2) is 6.61 Å². The molecule has 0 saturated heterocycles. The van der Waals surface area contributed by atoms with Gasteiger partial charge >= 0.3 is 5.97 Å². The number of carbonyl (C=O) groups is 2. The molecule has 35 heavy (non-hydrogen) atoms. The normalized spacial score (nSPS) is 11.2. The van der Waals surface area contributed by atoms with Gasteiger partial charge < -0.3 is 14.8 Å². The van der Waals surface area contributed by atoms with E-state index in [0.29, 0.717) is 11.3 Å². The maximum atomic E-state index is 12.6. The Morgan fingerprint density at radius 2 is 1.69 bits per heavy atom. The number of ether oxygens (including phenoxy) is 2. The van der Waals surface area contributed by atoms with Crippen molar-refractivity contribution in [1.82, 2.24) is 4.31 Å². The highest BCUT2D eigenvalue weighted by Crippen LogP contribution is 2.23. The summed E-state index contributed by atoms with van der Waals surface area (Å²) in [4.78, 5) is 25.1. The monoisotopic (exact) mass is 496 g/mol. The van der Waals surface area contributed by atoms with Gasteiger partial charge in [-0.1, -0.05) is 48.0 Å². The zero-order valence-electron chi connectivity index (χ0n) is 20.1. The number of nitrogens with one attached hydrogen (secondary N) is 1. The van der Waals surface area contributed by atoms with Crippen molar-refractivity contribution >= 4 is 27.6 Å². The predicted molar refractivity (Wildman–Crippen MR) is 133 cm³/mol. The number of esters is 1. The van der Waals surface area contributed by atoms with Crippen LogP contribution in [0.2, 0.25) is 0 Å². The second-order valence-electron chi connectivity index (χ2n) is 8.17. The number of para-hydroxylation sites is 1. The SMILES string of the molecule is Cc1cccc(COc2ccccc2C(=O)OCC(=O)Nc2ccc(C)c(S(=O)(=O)N(C)C)c2)c1. The summed E-state index contributed by atoms with van der Waals surface area (Å²) in [6.45, 7) is 3.38. The zero-order valence-corrected chi connectivity index (χ0v) is 20.9. The maximum absolute atomic E-state index is 12.6. The summed E-state index contributed by atoms with van der Waals surface area (Å²) in [5.41, 5.74) is 3.08. The van der Waals surface area contributed by atoms with Crippen LogP contribution in [0, 0.1) is 13.8 Å². The lowest BCUT2D eigenvalue weighted by atomic mass is 10.1. The second-order valence-corrected chi connectivity index (χ2v) is 10.3. The van der Waals surface area contributed by atoms with E-state index in [1.54, 1.807) is 43.3 Å². The van der Waals surface area contributed by atoms with Crippen molar-refractivity contribution in [3.05, 3.63) is 89.0 Å². The molecule has 3 aromatic rings. The maximum Gasteiger partial charge on any atom is 0.342 e. The van der Waals surface area contributed by atoms with Gasteiger partial charge in [0.05, 0.1) is 4.90 Å². The summed E-state index contributed by atoms with van der Waals surface area (Å²) in [5, 5.41) is 2.56. The molecule has 0 aliphatic heterocycles. The highest BCUT2D eigenvalue weighted by Gasteiger charge is 2.21. The van der Waals surface area contributed by atoms with E-state index in [9.17, 15) is 18.0 Å². The minimum Gasteiger partial charge on any atom is -0.488 e. The summed E-state index contributed by atoms with van der Waals surface area (Å²) < 4.78 is 37.1. The Morgan fingerprint density at radius 3 is 2.40 bits per heavy atom. The summed E-state index contributed by atoms with van der Waals surface area (Å²) in [7, 11) is -0.813. The van der Waals surface area contributed by atoms with Gasteiger partial charge in [-0.05, 0) is 49.2 Å². The average Bonchev–Trinajstić information content (AvgIpc) is 2.82. The molecule has 8 nitrogen and oxygen atoms in total. The number of hydrogen-bond donors (Lipinski definition) is 1. The van der Waals surface area contributed by atoms with Gasteiger partial charge in [-0.3, -0.25) is 4.79 Å². The average molecular weight is 497 g/mol. The van der Waals surface area contributed by atoms with Crippen LogP contribution in [0.3, 0.4) is 0 Å². The third-order valence-corrected chi connectivity index (χ3v) is 7.11. The molecule has 0 atom stereocenters. The molecule has 9 heteroatoms. The van der Waals surface area contributed by atoms with Gasteiger partial charge in [-0.15, -0.1) is 0 Å². The number of sulfonamides is 1. The Bertz CT molecular complexity index is 1340. The van der Waals surface area contributed by atoms with Crippen molar-refractivity contribution in [3.63, 3.8) is 0 Å². The third-order valence-electron chi connectivity index (χ3n) is 5.15. The molecule has 184 valence electrons. The summed E-state index contributed by atoms with van der Waals surface area (Å²) >= 11 is 0. The summed E-state index contributed by atoms with van der Waals surface area (Å²) in [5.74, 6) is -0.968. The van der Waals surface area contributed by atoms with Crippen LogP contribution in [0.25, 0.3) is 0 Å². The molecule has 0 fully saturated rings. The first kappa shape index (κ1) is 25.9. The van der Waals surface area contributed by atoms with Crippen molar-refractivity contribution in [2.45, 2.75) is 25.3 Å². The van der Waals surface area contributed by atoms with E-state index in [4.69, 9.17) is 9.47 Å². The van der Waals surface area contributed by atoms with Crippen LogP contribution in [0.5, 0.6) is 5.75 Å². The van der Waals surface area contributed by atoms with Crippen LogP contribution < -0.4 is 10.1 Å². The standard InChI is InChI=1S/C26H28N2O6S/c1-18-8-7-9-20(14-18)16-33-23-11-6-5-10-22(23)26(30)34-17-25(29)27-21-13-12-19(2)24(15-21)35(31,32)28(3)4/h5-15H,16-17H2,1-4H3,(H,27,29). The molecule has 1 N–H and O–H groups in total. The van der Waals surface area contributed by atoms with Crippen molar-refractivity contribution in [1.29, 1.82) is 0 Å². The third kappa shape index (κ3) is 6.68. The molecular weight excluding hydrogens is 468 g/mol. The summed E-state index contributed by atoms with van der Waals surface area (Å²) in [6.07, 6.45) is 0. The molecule has 0 spiro atoms. The van der Waals surface area contributed by atoms with Crippen LogP contribution in [0.15, 0.2) is 71.6 Å². The van der Waals surface area contributed by atoms with E-state index in [1.165, 1.54) is 20.2 Å². The van der Waals surface area contributed by atoms with Crippen LogP contribution in [0.4, 0.5) is 5.69 Å². The molecule has 3 rings (SSSR count). The van der Waals surface area contributed by atoms with E-state index < -0.39 is 28.5 Å². The number of amides is 1. The summed E-state index contributed by atoms with van der Waals surface area (Å²) in [6, 6.07) is 19.0. The van der Waals surface area contributed by atoms with Crippen LogP contribution in [-0.4, -0.2) is 45.3 Å². The fourth-order valence-electron chi connectivity index (χ4n) is 3.28. The van der Waals surface area contributed by atoms with E-state index >= 15 is 0 Å². The fraction of sp³-hybridized carbons (Fsp3) is 0.231. The zero-order chi connectivity index (χ0) is 25.6. The smallest absolute Gasteiger partial charge is 0.342 e. The Balaban J connectivity index is 1.63. The molecule has 0 saturated carbocycles. The van der Waals surface area contributed by atoms with Crippen LogP contribution in [0.1, 0.15) is 27.0 Å². The van der Waals surface area contributed by atoms with Crippen LogP contribution >= 0.6 is 0 Å². The minimum absolute atomic E-state index is 0.0805. The first-order valence-electron chi connectivity index (χ1n) is 10.9. The number of rotatable bonds is 9. The second kappa shape index (κ2) is 11.2. The van der Waals surface area contributed by atoms with Gasteiger partial charge in [0.1, 0.15) is 17.9 Å². The number of benzene rings is 3. The van der Waals surface area contributed by atoms with E-state index in [0.717, 1.165) is 15.4 Å². The van der Waals surface area contributed by atoms with Gasteiger partial charge in [-0.2, -0.15) is 0 Å². The van der Waals surface area contributed by atoms with Crippen molar-refractivity contribution in [3.8, 4) is 5.75 Å². The molecule has 0 aliphatic carbocycles. The van der Waals surface area contributed by atoms with Crippen molar-refractivity contribution < 1.29 is 27.5 Å². The Morgan fingerprint density at radius 1 is 0.943 bits per heavy atom. The number of hydrogen-bond acceptors (Lipinski definition) is 6. The van der Waals surface area contributed by atoms with Crippen molar-refractivity contribution in [2.75, 3.05) is 26.0 Å². The van der Waals surface area contributed by atoms with E-state index in [1.807, 2.05) is 31.2 Å². The number of anilines is 1. The largest absolute Gasteiger partial charge is 0.488 e. The lowest BCUT2D eigenvalue weighted by molar-refractivity contribution is -0.119. The van der Waals surface area contributed by atoms with E-state index in [2.05, 4.69) is 5.32 Å². The molecule has 0 heterocycles. The van der Waals surface area contributed by atoms with Gasteiger partial charge in [0, 0.05) is 19.8 Å². The van der Waals surface area contributed by atoms with Gasteiger partial charge in [0.25, 0.3) is 5.91 Å². The molecule has 0 bridgehead atoms. The first-order valence-corrected chi connectivity index (χ1v) is 12.3. The lowest BCUT2D eigenvalue weighted by Crippen LogP contribution is -2.24. The molecular formula is C26H28N2O6S. The number of aryl methyl sites for hydroxylation is 2. The first-order chi connectivity index (χ1) is 16.6. The topological polar surface area (TPSA) is 102 Å².